The van der Waals surface area contributed by atoms with Gasteiger partial charge in [0.2, 0.25) is 0 Å². The molecule has 1 amide bonds. The molecule has 2 aromatic carbocycles. The van der Waals surface area contributed by atoms with Crippen LogP contribution in [0.15, 0.2) is 53.4 Å². The van der Waals surface area contributed by atoms with E-state index in [0.29, 0.717) is 10.3 Å². The third kappa shape index (κ3) is 3.52. The number of para-hydroxylation sites is 1. The summed E-state index contributed by atoms with van der Waals surface area (Å²) < 4.78 is 24.3. The Morgan fingerprint density at radius 3 is 2.56 bits per heavy atom. The molecule has 128 valence electrons. The molecule has 1 N–H and O–H groups in total. The van der Waals surface area contributed by atoms with Crippen LogP contribution in [0.25, 0.3) is 10.1 Å². The molecule has 0 unspecified atom stereocenters. The zero-order valence-corrected chi connectivity index (χ0v) is 14.6. The van der Waals surface area contributed by atoms with Gasteiger partial charge in [-0.3, -0.25) is 14.9 Å². The number of carbonyl (C=O) groups is 1. The van der Waals surface area contributed by atoms with Gasteiger partial charge >= 0.3 is 0 Å². The van der Waals surface area contributed by atoms with E-state index in [9.17, 15) is 23.3 Å². The number of nitro groups is 1. The molecule has 3 aromatic rings. The van der Waals surface area contributed by atoms with Crippen molar-refractivity contribution in [1.82, 2.24) is 0 Å². The lowest BCUT2D eigenvalue weighted by molar-refractivity contribution is -0.384. The zero-order chi connectivity index (χ0) is 18.2. The number of nitrogens with one attached hydrogen (secondary N) is 1. The van der Waals surface area contributed by atoms with Crippen LogP contribution < -0.4 is 5.32 Å². The number of rotatable bonds is 4. The Labute approximate surface area is 147 Å². The largest absolute Gasteiger partial charge is 0.320 e. The van der Waals surface area contributed by atoms with Gasteiger partial charge in [-0.25, -0.2) is 8.42 Å². The van der Waals surface area contributed by atoms with Crippen molar-refractivity contribution in [3.05, 3.63) is 63.5 Å². The number of non-ortho nitro benzene ring substituents is 1. The summed E-state index contributed by atoms with van der Waals surface area (Å²) in [6.07, 6.45) is 1.07. The van der Waals surface area contributed by atoms with E-state index in [1.807, 2.05) is 0 Å². The number of sulfone groups is 1. The first kappa shape index (κ1) is 17.1. The highest BCUT2D eigenvalue weighted by molar-refractivity contribution is 7.90. The third-order valence-corrected chi connectivity index (χ3v) is 5.74. The molecule has 7 nitrogen and oxygen atoms in total. The molecule has 0 spiro atoms. The molecule has 25 heavy (non-hydrogen) atoms. The van der Waals surface area contributed by atoms with E-state index in [1.54, 1.807) is 24.3 Å². The number of fused-ring (bicyclic) bond motifs is 1. The van der Waals surface area contributed by atoms with Gasteiger partial charge in [0, 0.05) is 28.5 Å². The molecule has 0 aliphatic heterocycles. The van der Waals surface area contributed by atoms with Crippen LogP contribution in [0.1, 0.15) is 9.67 Å². The zero-order valence-electron chi connectivity index (χ0n) is 12.9. The van der Waals surface area contributed by atoms with Crippen LogP contribution in [0.5, 0.6) is 0 Å². The normalized spacial score (nSPS) is 11.4. The highest BCUT2D eigenvalue weighted by Gasteiger charge is 2.17. The minimum absolute atomic E-state index is 0.0279. The summed E-state index contributed by atoms with van der Waals surface area (Å²) in [4.78, 5) is 23.1. The van der Waals surface area contributed by atoms with Crippen molar-refractivity contribution in [3.8, 4) is 0 Å². The Morgan fingerprint density at radius 1 is 1.16 bits per heavy atom. The molecule has 0 saturated carbocycles. The maximum Gasteiger partial charge on any atom is 0.270 e. The molecule has 0 radical (unpaired) electrons. The molecule has 9 heteroatoms. The van der Waals surface area contributed by atoms with Crippen molar-refractivity contribution in [2.45, 2.75) is 4.90 Å². The summed E-state index contributed by atoms with van der Waals surface area (Å²) in [7, 11) is -3.49. The van der Waals surface area contributed by atoms with E-state index in [1.165, 1.54) is 35.6 Å². The van der Waals surface area contributed by atoms with Crippen LogP contribution in [0.4, 0.5) is 11.4 Å². The van der Waals surface area contributed by atoms with Gasteiger partial charge in [-0.15, -0.1) is 11.3 Å². The number of nitrogens with zero attached hydrogens (tertiary/aromatic N) is 1. The predicted octanol–water partition coefficient (Wildman–Crippen LogP) is 3.47. The molecule has 1 heterocycles. The monoisotopic (exact) mass is 376 g/mol. The van der Waals surface area contributed by atoms with E-state index in [-0.39, 0.29) is 16.3 Å². The number of benzene rings is 2. The van der Waals surface area contributed by atoms with E-state index in [4.69, 9.17) is 0 Å². The van der Waals surface area contributed by atoms with Gasteiger partial charge in [-0.1, -0.05) is 12.1 Å². The fourth-order valence-electron chi connectivity index (χ4n) is 2.33. The van der Waals surface area contributed by atoms with Gasteiger partial charge in [-0.05, 0) is 24.3 Å². The summed E-state index contributed by atoms with van der Waals surface area (Å²) >= 11 is 1.17. The van der Waals surface area contributed by atoms with Crippen molar-refractivity contribution in [1.29, 1.82) is 0 Å². The number of hydrogen-bond donors (Lipinski definition) is 1. The lowest BCUT2D eigenvalue weighted by Gasteiger charge is -2.08. The van der Waals surface area contributed by atoms with E-state index < -0.39 is 20.7 Å². The molecule has 0 aliphatic rings. The number of nitro benzene ring substituents is 1. The SMILES string of the molecule is CS(=O)(=O)c1ccccc1NC(=O)c1cc2cc([N+](=O)[O-])ccc2s1. The van der Waals surface area contributed by atoms with Crippen molar-refractivity contribution < 1.29 is 18.1 Å². The van der Waals surface area contributed by atoms with Crippen molar-refractivity contribution >= 4 is 48.5 Å². The topological polar surface area (TPSA) is 106 Å². The smallest absolute Gasteiger partial charge is 0.270 e. The van der Waals surface area contributed by atoms with Crippen LogP contribution in [0, 0.1) is 10.1 Å². The van der Waals surface area contributed by atoms with Crippen molar-refractivity contribution in [3.63, 3.8) is 0 Å². The molecular weight excluding hydrogens is 364 g/mol. The van der Waals surface area contributed by atoms with Gasteiger partial charge in [0.05, 0.1) is 20.4 Å². The lowest BCUT2D eigenvalue weighted by Crippen LogP contribution is -2.13. The van der Waals surface area contributed by atoms with Crippen LogP contribution >= 0.6 is 11.3 Å². The number of carbonyl (C=O) groups excluding carboxylic acids is 1. The molecule has 3 rings (SSSR count). The Morgan fingerprint density at radius 2 is 1.88 bits per heavy atom. The third-order valence-electron chi connectivity index (χ3n) is 3.47. The minimum atomic E-state index is -3.49. The standard InChI is InChI=1S/C16H12N2O5S2/c1-25(22,23)15-5-3-2-4-12(15)17-16(19)14-9-10-8-11(18(20)21)6-7-13(10)24-14/h2-9H,1H3,(H,17,19). The number of thiophene rings is 1. The second kappa shape index (κ2) is 6.26. The molecule has 0 bridgehead atoms. The van der Waals surface area contributed by atoms with E-state index >= 15 is 0 Å². The van der Waals surface area contributed by atoms with Gasteiger partial charge in [0.25, 0.3) is 11.6 Å². The highest BCUT2D eigenvalue weighted by Crippen LogP contribution is 2.30. The average molecular weight is 376 g/mol. The maximum atomic E-state index is 12.5. The predicted molar refractivity (Wildman–Crippen MR) is 96.0 cm³/mol. The fraction of sp³-hybridized carbons (Fsp3) is 0.0625. The second-order valence-electron chi connectivity index (χ2n) is 5.31. The number of hydrogen-bond acceptors (Lipinski definition) is 6. The summed E-state index contributed by atoms with van der Waals surface area (Å²) in [5, 5.41) is 14.0. The molecule has 0 atom stereocenters. The summed E-state index contributed by atoms with van der Waals surface area (Å²) in [5.41, 5.74) is 0.137. The average Bonchev–Trinajstić information content (AvgIpc) is 2.97. The molecular formula is C16H12N2O5S2. The molecule has 0 aliphatic carbocycles. The molecule has 0 fully saturated rings. The summed E-state index contributed by atoms with van der Waals surface area (Å²) in [5.74, 6) is -0.472. The van der Waals surface area contributed by atoms with Crippen LogP contribution in [-0.2, 0) is 9.84 Å². The Bertz CT molecular complexity index is 1100. The first-order valence-electron chi connectivity index (χ1n) is 7.04. The number of anilines is 1. The molecule has 1 aromatic heterocycles. The fourth-order valence-corrected chi connectivity index (χ4v) is 4.12. The van der Waals surface area contributed by atoms with E-state index in [0.717, 1.165) is 11.0 Å². The minimum Gasteiger partial charge on any atom is -0.320 e. The first-order chi connectivity index (χ1) is 11.8. The van der Waals surface area contributed by atoms with Crippen LogP contribution in [0.2, 0.25) is 0 Å². The van der Waals surface area contributed by atoms with Gasteiger partial charge < -0.3 is 5.32 Å². The Hall–Kier alpha value is -2.78. The van der Waals surface area contributed by atoms with Gasteiger partial charge in [-0.2, -0.15) is 0 Å². The highest BCUT2D eigenvalue weighted by atomic mass is 32.2. The van der Waals surface area contributed by atoms with Gasteiger partial charge in [0.1, 0.15) is 0 Å². The lowest BCUT2D eigenvalue weighted by atomic mass is 10.2. The Kier molecular flexibility index (Phi) is 4.27. The van der Waals surface area contributed by atoms with E-state index in [2.05, 4.69) is 5.32 Å². The summed E-state index contributed by atoms with van der Waals surface area (Å²) in [6, 6.07) is 12.0. The summed E-state index contributed by atoms with van der Waals surface area (Å²) in [6.45, 7) is 0. The van der Waals surface area contributed by atoms with Gasteiger partial charge in [0.15, 0.2) is 9.84 Å². The molecule has 0 saturated heterocycles. The second-order valence-corrected chi connectivity index (χ2v) is 8.38. The van der Waals surface area contributed by atoms with Crippen LogP contribution in [0.3, 0.4) is 0 Å². The van der Waals surface area contributed by atoms with Crippen LogP contribution in [-0.4, -0.2) is 25.5 Å². The maximum absolute atomic E-state index is 12.5. The quantitative estimate of drug-likeness (QED) is 0.554. The Balaban J connectivity index is 1.95. The van der Waals surface area contributed by atoms with Crippen molar-refractivity contribution in [2.75, 3.05) is 11.6 Å². The number of amides is 1. The first-order valence-corrected chi connectivity index (χ1v) is 9.75. The van der Waals surface area contributed by atoms with Crippen molar-refractivity contribution in [2.24, 2.45) is 0 Å².